The standard InChI is InChI=1S/C10H10Cl2FNO2/c11-7-4-6(5-8(12)10(7)13)14-3-1-2-9(15)16/h4-5,14H,1-3H2,(H,15,16). The summed E-state index contributed by atoms with van der Waals surface area (Å²) in [5.41, 5.74) is 0.571. The van der Waals surface area contributed by atoms with Gasteiger partial charge in [0, 0.05) is 18.7 Å². The third-order valence-electron chi connectivity index (χ3n) is 1.88. The van der Waals surface area contributed by atoms with E-state index < -0.39 is 11.8 Å². The molecule has 1 rings (SSSR count). The fourth-order valence-electron chi connectivity index (χ4n) is 1.13. The zero-order chi connectivity index (χ0) is 12.1. The number of benzene rings is 1. The Bertz CT molecular complexity index is 375. The van der Waals surface area contributed by atoms with Crippen LogP contribution in [0.15, 0.2) is 12.1 Å². The molecular formula is C10H10Cl2FNO2. The minimum atomic E-state index is -0.850. The molecular weight excluding hydrogens is 256 g/mol. The molecule has 0 radical (unpaired) electrons. The Labute approximate surface area is 102 Å². The molecule has 0 amide bonds. The molecule has 0 bridgehead atoms. The Hall–Kier alpha value is -1.00. The summed E-state index contributed by atoms with van der Waals surface area (Å²) >= 11 is 11.2. The predicted octanol–water partition coefficient (Wildman–Crippen LogP) is 3.41. The lowest BCUT2D eigenvalue weighted by atomic mass is 10.2. The summed E-state index contributed by atoms with van der Waals surface area (Å²) < 4.78 is 13.0. The fourth-order valence-corrected chi connectivity index (χ4v) is 1.62. The highest BCUT2D eigenvalue weighted by molar-refractivity contribution is 6.35. The molecule has 2 N–H and O–H groups in total. The molecule has 16 heavy (non-hydrogen) atoms. The van der Waals surface area contributed by atoms with Gasteiger partial charge in [-0.15, -0.1) is 0 Å². The first-order valence-corrected chi connectivity index (χ1v) is 5.36. The number of aliphatic carboxylic acids is 1. The van der Waals surface area contributed by atoms with Gasteiger partial charge in [-0.25, -0.2) is 4.39 Å². The van der Waals surface area contributed by atoms with Gasteiger partial charge in [0.25, 0.3) is 0 Å². The molecule has 0 fully saturated rings. The zero-order valence-corrected chi connectivity index (χ0v) is 9.78. The molecule has 0 aliphatic carbocycles. The molecule has 0 heterocycles. The Balaban J connectivity index is 2.52. The van der Waals surface area contributed by atoms with E-state index in [0.29, 0.717) is 18.7 Å². The second kappa shape index (κ2) is 5.92. The molecule has 0 saturated carbocycles. The van der Waals surface area contributed by atoms with Crippen LogP contribution in [-0.2, 0) is 4.79 Å². The van der Waals surface area contributed by atoms with Gasteiger partial charge in [-0.05, 0) is 18.6 Å². The molecule has 3 nitrogen and oxygen atoms in total. The van der Waals surface area contributed by atoms with Crippen molar-refractivity contribution in [2.24, 2.45) is 0 Å². The van der Waals surface area contributed by atoms with E-state index in [9.17, 15) is 9.18 Å². The minimum Gasteiger partial charge on any atom is -0.481 e. The SMILES string of the molecule is O=C(O)CCCNc1cc(Cl)c(F)c(Cl)c1. The highest BCUT2D eigenvalue weighted by Crippen LogP contribution is 2.27. The number of hydrogen-bond donors (Lipinski definition) is 2. The van der Waals surface area contributed by atoms with Gasteiger partial charge < -0.3 is 10.4 Å². The molecule has 0 unspecified atom stereocenters. The lowest BCUT2D eigenvalue weighted by molar-refractivity contribution is -0.137. The summed E-state index contributed by atoms with van der Waals surface area (Å²) in [5.74, 6) is -1.50. The van der Waals surface area contributed by atoms with Crippen molar-refractivity contribution in [2.75, 3.05) is 11.9 Å². The van der Waals surface area contributed by atoms with Crippen LogP contribution in [0.25, 0.3) is 0 Å². The molecule has 0 atom stereocenters. The van der Waals surface area contributed by atoms with Gasteiger partial charge in [0.1, 0.15) is 0 Å². The van der Waals surface area contributed by atoms with Gasteiger partial charge >= 0.3 is 5.97 Å². The molecule has 0 saturated heterocycles. The number of carbonyl (C=O) groups is 1. The van der Waals surface area contributed by atoms with E-state index in [1.807, 2.05) is 0 Å². The summed E-state index contributed by atoms with van der Waals surface area (Å²) in [7, 11) is 0. The lowest BCUT2D eigenvalue weighted by Crippen LogP contribution is -2.05. The van der Waals surface area contributed by atoms with Gasteiger partial charge in [-0.3, -0.25) is 4.79 Å². The largest absolute Gasteiger partial charge is 0.481 e. The maximum absolute atomic E-state index is 13.0. The Morgan fingerprint density at radius 3 is 2.44 bits per heavy atom. The van der Waals surface area contributed by atoms with E-state index in [1.54, 1.807) is 0 Å². The highest BCUT2D eigenvalue weighted by Gasteiger charge is 2.07. The average Bonchev–Trinajstić information content (AvgIpc) is 2.20. The first-order chi connectivity index (χ1) is 7.50. The van der Waals surface area contributed by atoms with E-state index in [0.717, 1.165) is 0 Å². The summed E-state index contributed by atoms with van der Waals surface area (Å²) in [6.45, 7) is 0.463. The van der Waals surface area contributed by atoms with Gasteiger partial charge in [0.05, 0.1) is 10.0 Å². The summed E-state index contributed by atoms with van der Waals surface area (Å²) in [6, 6.07) is 2.81. The van der Waals surface area contributed by atoms with Crippen molar-refractivity contribution in [1.29, 1.82) is 0 Å². The second-order valence-corrected chi connectivity index (χ2v) is 3.99. The molecule has 0 aromatic heterocycles. The van der Waals surface area contributed by atoms with Gasteiger partial charge in [0.2, 0.25) is 0 Å². The molecule has 0 aliphatic heterocycles. The second-order valence-electron chi connectivity index (χ2n) is 3.18. The molecule has 1 aromatic carbocycles. The van der Waals surface area contributed by atoms with Crippen molar-refractivity contribution >= 4 is 34.9 Å². The van der Waals surface area contributed by atoms with Crippen LogP contribution in [0.2, 0.25) is 10.0 Å². The van der Waals surface area contributed by atoms with Crippen LogP contribution in [0.1, 0.15) is 12.8 Å². The molecule has 88 valence electrons. The average molecular weight is 266 g/mol. The van der Waals surface area contributed by atoms with Crippen LogP contribution in [0.4, 0.5) is 10.1 Å². The summed E-state index contributed by atoms with van der Waals surface area (Å²) in [4.78, 5) is 10.2. The normalized spacial score (nSPS) is 10.2. The topological polar surface area (TPSA) is 49.3 Å². The number of hydrogen-bond acceptors (Lipinski definition) is 2. The lowest BCUT2D eigenvalue weighted by Gasteiger charge is -2.07. The Kier molecular flexibility index (Phi) is 4.83. The van der Waals surface area contributed by atoms with Crippen LogP contribution in [0.5, 0.6) is 0 Å². The quantitative estimate of drug-likeness (QED) is 0.634. The van der Waals surface area contributed by atoms with Crippen LogP contribution in [0.3, 0.4) is 0 Å². The molecule has 0 aliphatic rings. The highest BCUT2D eigenvalue weighted by atomic mass is 35.5. The Morgan fingerprint density at radius 1 is 1.38 bits per heavy atom. The fraction of sp³-hybridized carbons (Fsp3) is 0.300. The number of carboxylic acid groups (broad SMARTS) is 1. The van der Waals surface area contributed by atoms with Crippen LogP contribution < -0.4 is 5.32 Å². The van der Waals surface area contributed by atoms with Crippen molar-refractivity contribution in [2.45, 2.75) is 12.8 Å². The maximum atomic E-state index is 13.0. The zero-order valence-electron chi connectivity index (χ0n) is 8.27. The van der Waals surface area contributed by atoms with Crippen molar-refractivity contribution in [3.63, 3.8) is 0 Å². The summed E-state index contributed by atoms with van der Waals surface area (Å²) in [6.07, 6.45) is 0.553. The first kappa shape index (κ1) is 13.1. The monoisotopic (exact) mass is 265 g/mol. The predicted molar refractivity (Wildman–Crippen MR) is 61.8 cm³/mol. The number of nitrogens with one attached hydrogen (secondary N) is 1. The van der Waals surface area contributed by atoms with Gasteiger partial charge in [-0.1, -0.05) is 23.2 Å². The van der Waals surface area contributed by atoms with E-state index in [2.05, 4.69) is 5.32 Å². The first-order valence-electron chi connectivity index (χ1n) is 4.61. The smallest absolute Gasteiger partial charge is 0.303 e. The van der Waals surface area contributed by atoms with E-state index >= 15 is 0 Å². The van der Waals surface area contributed by atoms with Crippen LogP contribution >= 0.6 is 23.2 Å². The van der Waals surface area contributed by atoms with E-state index in [1.165, 1.54) is 12.1 Å². The van der Waals surface area contributed by atoms with Crippen LogP contribution in [0, 0.1) is 5.82 Å². The number of anilines is 1. The number of rotatable bonds is 5. The molecule has 0 spiro atoms. The summed E-state index contributed by atoms with van der Waals surface area (Å²) in [5, 5.41) is 11.2. The van der Waals surface area contributed by atoms with E-state index in [4.69, 9.17) is 28.3 Å². The minimum absolute atomic E-state index is 0.0618. The van der Waals surface area contributed by atoms with Crippen molar-refractivity contribution < 1.29 is 14.3 Å². The van der Waals surface area contributed by atoms with Crippen molar-refractivity contribution in [1.82, 2.24) is 0 Å². The number of halogens is 3. The van der Waals surface area contributed by atoms with Crippen molar-refractivity contribution in [3.8, 4) is 0 Å². The number of carboxylic acids is 1. The van der Waals surface area contributed by atoms with Gasteiger partial charge in [-0.2, -0.15) is 0 Å². The van der Waals surface area contributed by atoms with Crippen molar-refractivity contribution in [3.05, 3.63) is 28.0 Å². The Morgan fingerprint density at radius 2 is 1.94 bits per heavy atom. The third kappa shape index (κ3) is 3.87. The third-order valence-corrected chi connectivity index (χ3v) is 2.43. The molecule has 1 aromatic rings. The van der Waals surface area contributed by atoms with E-state index in [-0.39, 0.29) is 16.5 Å². The molecule has 6 heteroatoms. The van der Waals surface area contributed by atoms with Gasteiger partial charge in [0.15, 0.2) is 5.82 Å². The van der Waals surface area contributed by atoms with Crippen LogP contribution in [-0.4, -0.2) is 17.6 Å². The maximum Gasteiger partial charge on any atom is 0.303 e.